The van der Waals surface area contributed by atoms with Crippen molar-refractivity contribution in [2.45, 2.75) is 85.1 Å². The number of carbonyl (C=O) groups excluding carboxylic acids is 2. The summed E-state index contributed by atoms with van der Waals surface area (Å²) in [5.74, 6) is 0.887. The topological polar surface area (TPSA) is 120 Å². The minimum absolute atomic E-state index is 0.0236. The molecule has 3 aliphatic carbocycles. The van der Waals surface area contributed by atoms with Gasteiger partial charge in [0.05, 0.1) is 12.5 Å². The smallest absolute Gasteiger partial charge is 0.328 e. The highest BCUT2D eigenvalue weighted by molar-refractivity contribution is 5.88. The summed E-state index contributed by atoms with van der Waals surface area (Å²) >= 11 is 0. The first-order chi connectivity index (χ1) is 16.0. The fourth-order valence-electron chi connectivity index (χ4n) is 6.83. The van der Waals surface area contributed by atoms with Gasteiger partial charge in [-0.1, -0.05) is 51.8 Å². The summed E-state index contributed by atoms with van der Waals surface area (Å²) in [6.07, 6.45) is 12.1. The fraction of sp³-hybridized carbons (Fsp3) is 0.741. The Labute approximate surface area is 204 Å². The molecule has 7 heteroatoms. The van der Waals surface area contributed by atoms with E-state index in [9.17, 15) is 9.59 Å². The van der Waals surface area contributed by atoms with E-state index in [4.69, 9.17) is 16.2 Å². The zero-order chi connectivity index (χ0) is 25.1. The molecule has 34 heavy (non-hydrogen) atoms. The van der Waals surface area contributed by atoms with Crippen LogP contribution < -0.4 is 16.8 Å². The maximum Gasteiger partial charge on any atom is 0.328 e. The average molecular weight is 473 g/mol. The third kappa shape index (κ3) is 5.18. The van der Waals surface area contributed by atoms with Crippen molar-refractivity contribution in [3.63, 3.8) is 0 Å². The van der Waals surface area contributed by atoms with Gasteiger partial charge in [0.1, 0.15) is 6.04 Å². The van der Waals surface area contributed by atoms with E-state index in [1.807, 2.05) is 0 Å². The van der Waals surface area contributed by atoms with Crippen LogP contribution in [0.5, 0.6) is 0 Å². The summed E-state index contributed by atoms with van der Waals surface area (Å²) in [5.41, 5.74) is 13.4. The second-order valence-electron chi connectivity index (χ2n) is 11.2. The molecule has 190 valence electrons. The third-order valence-corrected chi connectivity index (χ3v) is 8.83. The fourth-order valence-corrected chi connectivity index (χ4v) is 6.83. The number of aliphatic imine (C=N–C) groups is 1. The Morgan fingerprint density at radius 2 is 2.00 bits per heavy atom. The molecule has 0 spiro atoms. The average Bonchev–Trinajstić information content (AvgIpc) is 2.79. The molecule has 5 N–H and O–H groups in total. The summed E-state index contributed by atoms with van der Waals surface area (Å²) in [7, 11) is 1.35. The Balaban J connectivity index is 1.80. The van der Waals surface area contributed by atoms with Crippen molar-refractivity contribution in [2.24, 2.45) is 45.0 Å². The minimum atomic E-state index is -0.697. The van der Waals surface area contributed by atoms with E-state index in [-0.39, 0.29) is 23.2 Å². The number of hydrogen-bond donors (Lipinski definition) is 3. The second kappa shape index (κ2) is 10.5. The van der Waals surface area contributed by atoms with Crippen LogP contribution in [0.2, 0.25) is 0 Å². The maximum absolute atomic E-state index is 13.8. The maximum atomic E-state index is 13.8. The summed E-state index contributed by atoms with van der Waals surface area (Å²) in [6.45, 7) is 9.47. The van der Waals surface area contributed by atoms with Gasteiger partial charge < -0.3 is 21.5 Å². The second-order valence-corrected chi connectivity index (χ2v) is 11.2. The van der Waals surface area contributed by atoms with Crippen molar-refractivity contribution in [1.29, 1.82) is 0 Å². The molecule has 7 nitrogen and oxygen atoms in total. The van der Waals surface area contributed by atoms with Crippen LogP contribution in [0, 0.1) is 28.6 Å². The Kier molecular flexibility index (Phi) is 8.14. The van der Waals surface area contributed by atoms with Gasteiger partial charge in [0.25, 0.3) is 0 Å². The van der Waals surface area contributed by atoms with E-state index < -0.39 is 17.4 Å². The van der Waals surface area contributed by atoms with Crippen molar-refractivity contribution >= 4 is 17.8 Å². The lowest BCUT2D eigenvalue weighted by atomic mass is 9.46. The van der Waals surface area contributed by atoms with E-state index in [1.165, 1.54) is 12.7 Å². The summed E-state index contributed by atoms with van der Waals surface area (Å²) in [5, 5.41) is 3.05. The van der Waals surface area contributed by atoms with Crippen LogP contribution in [0.1, 0.15) is 79.1 Å². The quantitative estimate of drug-likeness (QED) is 0.215. The molecule has 1 amide bonds. The molecule has 2 unspecified atom stereocenters. The Bertz CT molecular complexity index is 873. The largest absolute Gasteiger partial charge is 0.467 e. The molecular weight excluding hydrogens is 428 g/mol. The third-order valence-electron chi connectivity index (χ3n) is 8.83. The Morgan fingerprint density at radius 1 is 1.26 bits per heavy atom. The number of methoxy groups -OCH3 is 1. The van der Waals surface area contributed by atoms with E-state index in [0.717, 1.165) is 38.5 Å². The predicted octanol–water partition coefficient (Wildman–Crippen LogP) is 3.83. The number of nitrogens with one attached hydrogen (secondary N) is 1. The first-order valence-corrected chi connectivity index (χ1v) is 12.9. The number of esters is 1. The van der Waals surface area contributed by atoms with Gasteiger partial charge in [-0.05, 0) is 73.7 Å². The zero-order valence-corrected chi connectivity index (χ0v) is 21.7. The Morgan fingerprint density at radius 3 is 2.65 bits per heavy atom. The van der Waals surface area contributed by atoms with E-state index in [0.29, 0.717) is 31.2 Å². The molecule has 0 aliphatic heterocycles. The van der Waals surface area contributed by atoms with Crippen molar-refractivity contribution in [3.05, 3.63) is 23.3 Å². The highest BCUT2D eigenvalue weighted by atomic mass is 16.5. The van der Waals surface area contributed by atoms with Gasteiger partial charge >= 0.3 is 5.97 Å². The van der Waals surface area contributed by atoms with Crippen molar-refractivity contribution in [1.82, 2.24) is 5.32 Å². The molecular formula is C27H44N4O3. The summed E-state index contributed by atoms with van der Waals surface area (Å²) in [4.78, 5) is 30.2. The first kappa shape index (κ1) is 26.3. The van der Waals surface area contributed by atoms with Crippen LogP contribution in [0.15, 0.2) is 28.3 Å². The normalized spacial score (nSPS) is 31.4. The van der Waals surface area contributed by atoms with Gasteiger partial charge in [0.15, 0.2) is 5.96 Å². The SMILES string of the molecule is COC(=O)[C@@H](CCCN=C(N)N)NC(=O)[C@]1(C)CCC[C@]2(C)C3CCC(C(C)C)=CC3=CCC21. The number of nitrogens with two attached hydrogens (primary N) is 2. The number of ether oxygens (including phenoxy) is 1. The molecule has 3 aliphatic rings. The molecule has 5 atom stereocenters. The summed E-state index contributed by atoms with van der Waals surface area (Å²) < 4.78 is 4.98. The van der Waals surface area contributed by atoms with Crippen molar-refractivity contribution in [2.75, 3.05) is 13.7 Å². The molecule has 1 fully saturated rings. The molecule has 0 radical (unpaired) electrons. The molecule has 0 aromatic heterocycles. The molecule has 0 bridgehead atoms. The summed E-state index contributed by atoms with van der Waals surface area (Å²) in [6, 6.07) is -0.697. The van der Waals surface area contributed by atoms with Crippen LogP contribution in [0.25, 0.3) is 0 Å². The number of amides is 1. The molecule has 0 heterocycles. The number of guanidine groups is 1. The van der Waals surface area contributed by atoms with Crippen LogP contribution in [-0.4, -0.2) is 37.5 Å². The van der Waals surface area contributed by atoms with Crippen LogP contribution in [0.3, 0.4) is 0 Å². The van der Waals surface area contributed by atoms with E-state index >= 15 is 0 Å². The minimum Gasteiger partial charge on any atom is -0.467 e. The standard InChI is InChI=1S/C27H44N4O3/c1-17(2)18-9-11-20-19(16-18)10-12-22-26(20,3)13-7-14-27(22,4)24(33)31-21(23(32)34-5)8-6-15-30-25(28)29/h10,16-17,20-22H,6-9,11-15H2,1-5H3,(H,31,33)(H4,28,29,30)/t20?,21-,22?,26-,27-/m1/s1. The number of carbonyl (C=O) groups is 2. The van der Waals surface area contributed by atoms with Gasteiger partial charge in [-0.25, -0.2) is 4.79 Å². The molecule has 0 aromatic rings. The predicted molar refractivity (Wildman–Crippen MR) is 136 cm³/mol. The van der Waals surface area contributed by atoms with Gasteiger partial charge in [0.2, 0.25) is 5.91 Å². The monoisotopic (exact) mass is 472 g/mol. The lowest BCUT2D eigenvalue weighted by molar-refractivity contribution is -0.151. The van der Waals surface area contributed by atoms with Crippen LogP contribution >= 0.6 is 0 Å². The van der Waals surface area contributed by atoms with Gasteiger partial charge in [-0.15, -0.1) is 0 Å². The number of nitrogens with zero attached hydrogens (tertiary/aromatic N) is 1. The van der Waals surface area contributed by atoms with E-state index in [1.54, 1.807) is 5.57 Å². The highest BCUT2D eigenvalue weighted by Gasteiger charge is 2.57. The number of hydrogen-bond acceptors (Lipinski definition) is 4. The molecule has 0 aromatic carbocycles. The lowest BCUT2D eigenvalue weighted by Crippen LogP contribution is -2.57. The molecule has 3 rings (SSSR count). The van der Waals surface area contributed by atoms with Crippen molar-refractivity contribution in [3.8, 4) is 0 Å². The zero-order valence-electron chi connectivity index (χ0n) is 21.7. The van der Waals surface area contributed by atoms with Gasteiger partial charge in [-0.2, -0.15) is 0 Å². The number of allylic oxidation sites excluding steroid dienone is 4. The Hall–Kier alpha value is -2.31. The van der Waals surface area contributed by atoms with Crippen LogP contribution in [-0.2, 0) is 14.3 Å². The van der Waals surface area contributed by atoms with Gasteiger partial charge in [0, 0.05) is 6.54 Å². The lowest BCUT2D eigenvalue weighted by Gasteiger charge is -2.57. The van der Waals surface area contributed by atoms with E-state index in [2.05, 4.69) is 50.2 Å². The first-order valence-electron chi connectivity index (χ1n) is 12.9. The molecule has 1 saturated carbocycles. The number of fused-ring (bicyclic) bond motifs is 3. The van der Waals surface area contributed by atoms with Crippen molar-refractivity contribution < 1.29 is 14.3 Å². The van der Waals surface area contributed by atoms with Gasteiger partial charge in [-0.3, -0.25) is 9.79 Å². The van der Waals surface area contributed by atoms with Crippen LogP contribution in [0.4, 0.5) is 0 Å². The number of rotatable bonds is 8. The molecule has 0 saturated heterocycles. The highest BCUT2D eigenvalue weighted by Crippen LogP contribution is 2.62.